The van der Waals surface area contributed by atoms with Gasteiger partial charge in [0.15, 0.2) is 17.7 Å². The quantitative estimate of drug-likeness (QED) is 0.760. The number of azo groups is 1. The van der Waals surface area contributed by atoms with Crippen LogP contribution in [0.25, 0.3) is 17.2 Å². The van der Waals surface area contributed by atoms with Crippen molar-refractivity contribution in [1.82, 2.24) is 20.1 Å². The van der Waals surface area contributed by atoms with Crippen LogP contribution < -0.4 is 5.32 Å². The molecule has 1 aliphatic heterocycles. The van der Waals surface area contributed by atoms with Crippen LogP contribution in [0, 0.1) is 0 Å². The molecule has 0 aromatic carbocycles. The van der Waals surface area contributed by atoms with Gasteiger partial charge in [-0.05, 0) is 37.1 Å². The zero-order valence-electron chi connectivity index (χ0n) is 17.0. The number of carbonyl (C=O) groups excluding carboxylic acids is 1. The highest BCUT2D eigenvalue weighted by Gasteiger charge is 2.34. The number of nitrogens with zero attached hydrogens (tertiary/aromatic N) is 5. The monoisotopic (exact) mass is 410 g/mol. The van der Waals surface area contributed by atoms with Crippen LogP contribution in [0.2, 0.25) is 0 Å². The van der Waals surface area contributed by atoms with Crippen molar-refractivity contribution in [3.05, 3.63) is 42.2 Å². The summed E-state index contributed by atoms with van der Waals surface area (Å²) >= 11 is 0. The number of hydrogen-bond acceptors (Lipinski definition) is 7. The smallest absolute Gasteiger partial charge is 0.272 e. The third-order valence-corrected chi connectivity index (χ3v) is 5.64. The Balaban J connectivity index is 1.66. The summed E-state index contributed by atoms with van der Waals surface area (Å²) in [6, 6.07) is 7.25. The summed E-state index contributed by atoms with van der Waals surface area (Å²) in [7, 11) is 1.58. The van der Waals surface area contributed by atoms with E-state index in [0.29, 0.717) is 23.6 Å². The van der Waals surface area contributed by atoms with E-state index in [2.05, 4.69) is 25.6 Å². The summed E-state index contributed by atoms with van der Waals surface area (Å²) in [5.74, 6) is 0.197. The molecule has 1 unspecified atom stereocenters. The molecule has 1 saturated carbocycles. The number of ether oxygens (including phenoxy) is 1. The summed E-state index contributed by atoms with van der Waals surface area (Å²) < 4.78 is 6.79. The minimum atomic E-state index is -0.584. The van der Waals surface area contributed by atoms with Crippen LogP contribution in [0.5, 0.6) is 0 Å². The molecule has 2 aromatic rings. The molecule has 3 heterocycles. The van der Waals surface area contributed by atoms with Crippen molar-refractivity contribution < 1.29 is 14.6 Å². The lowest BCUT2D eigenvalue weighted by Crippen LogP contribution is -2.52. The Bertz CT molecular complexity index is 947. The van der Waals surface area contributed by atoms with E-state index in [1.165, 1.54) is 0 Å². The summed E-state index contributed by atoms with van der Waals surface area (Å²) in [5.41, 5.74) is 0.978. The van der Waals surface area contributed by atoms with Crippen LogP contribution in [-0.2, 0) is 4.74 Å². The number of pyridine rings is 1. The van der Waals surface area contributed by atoms with Gasteiger partial charge in [-0.15, -0.1) is 5.11 Å². The second kappa shape index (κ2) is 8.85. The van der Waals surface area contributed by atoms with Crippen molar-refractivity contribution in [1.29, 1.82) is 0 Å². The molecule has 30 heavy (non-hydrogen) atoms. The van der Waals surface area contributed by atoms with Gasteiger partial charge in [-0.1, -0.05) is 25.3 Å². The standard InChI is InChI=1S/C21H26N6O3/c1-30-19-9-8-18(24-25-19)27-17(15-7-3-6-12-22-15)13-16(26-27)20(29)23-21(14-28)10-4-2-5-11-21/h3,6-8,12-13,19,28H,2,4-5,9-11,14H2,1H3,(H,23,29). The maximum absolute atomic E-state index is 13.0. The second-order valence-electron chi connectivity index (χ2n) is 7.70. The molecule has 9 nitrogen and oxygen atoms in total. The average molecular weight is 410 g/mol. The minimum Gasteiger partial charge on any atom is -0.394 e. The molecule has 4 rings (SSSR count). The summed E-state index contributed by atoms with van der Waals surface area (Å²) in [4.78, 5) is 17.4. The number of amides is 1. The maximum atomic E-state index is 13.0. The fourth-order valence-corrected chi connectivity index (χ4v) is 3.91. The molecule has 158 valence electrons. The average Bonchev–Trinajstić information content (AvgIpc) is 3.26. The van der Waals surface area contributed by atoms with Gasteiger partial charge >= 0.3 is 0 Å². The number of hydrogen-bond donors (Lipinski definition) is 2. The first-order valence-electron chi connectivity index (χ1n) is 10.2. The Morgan fingerprint density at radius 1 is 1.33 bits per heavy atom. The molecule has 1 fully saturated rings. The number of carbonyl (C=O) groups is 1. The number of nitrogens with one attached hydrogen (secondary N) is 1. The summed E-state index contributed by atoms with van der Waals surface area (Å²) in [5, 5.41) is 25.8. The minimum absolute atomic E-state index is 0.0790. The van der Waals surface area contributed by atoms with Gasteiger partial charge in [0.2, 0.25) is 0 Å². The Hall–Kier alpha value is -2.91. The van der Waals surface area contributed by atoms with Crippen molar-refractivity contribution in [3.8, 4) is 11.4 Å². The molecular formula is C21H26N6O3. The molecule has 0 spiro atoms. The number of methoxy groups -OCH3 is 1. The number of aliphatic hydroxyl groups excluding tert-OH is 1. The molecule has 1 amide bonds. The van der Waals surface area contributed by atoms with Crippen LogP contribution in [0.3, 0.4) is 0 Å². The predicted octanol–water partition coefficient (Wildman–Crippen LogP) is 3.00. The number of aromatic nitrogens is 3. The SMILES string of the molecule is COC1CC=C(n2nc(C(=O)NC3(CO)CCCCC3)cc2-c2ccccn2)N=N1. The van der Waals surface area contributed by atoms with Gasteiger partial charge in [-0.3, -0.25) is 9.78 Å². The van der Waals surface area contributed by atoms with E-state index >= 15 is 0 Å². The van der Waals surface area contributed by atoms with Crippen LogP contribution in [0.4, 0.5) is 0 Å². The van der Waals surface area contributed by atoms with Crippen molar-refractivity contribution >= 4 is 11.7 Å². The van der Waals surface area contributed by atoms with E-state index in [9.17, 15) is 9.90 Å². The second-order valence-corrected chi connectivity index (χ2v) is 7.70. The molecule has 9 heteroatoms. The molecular weight excluding hydrogens is 384 g/mol. The maximum Gasteiger partial charge on any atom is 0.272 e. The van der Waals surface area contributed by atoms with E-state index < -0.39 is 5.54 Å². The highest BCUT2D eigenvalue weighted by molar-refractivity contribution is 5.94. The highest BCUT2D eigenvalue weighted by atomic mass is 16.5. The van der Waals surface area contributed by atoms with E-state index in [4.69, 9.17) is 4.74 Å². The molecule has 1 aliphatic carbocycles. The Morgan fingerprint density at radius 2 is 2.17 bits per heavy atom. The molecule has 2 N–H and O–H groups in total. The van der Waals surface area contributed by atoms with Crippen LogP contribution in [0.15, 0.2) is 46.8 Å². The number of aliphatic hydroxyl groups is 1. The van der Waals surface area contributed by atoms with Gasteiger partial charge in [-0.2, -0.15) is 10.2 Å². The van der Waals surface area contributed by atoms with Gasteiger partial charge in [0.25, 0.3) is 5.91 Å². The summed E-state index contributed by atoms with van der Waals surface area (Å²) in [6.07, 6.45) is 8.43. The number of rotatable bonds is 6. The third kappa shape index (κ3) is 4.17. The molecule has 2 aromatic heterocycles. The van der Waals surface area contributed by atoms with E-state index in [1.54, 1.807) is 24.1 Å². The molecule has 1 atom stereocenters. The van der Waals surface area contributed by atoms with Crippen molar-refractivity contribution in [3.63, 3.8) is 0 Å². The van der Waals surface area contributed by atoms with E-state index in [-0.39, 0.29) is 24.4 Å². The first kappa shape index (κ1) is 20.4. The first-order valence-corrected chi connectivity index (χ1v) is 10.2. The Morgan fingerprint density at radius 3 is 2.80 bits per heavy atom. The first-order chi connectivity index (χ1) is 14.6. The lowest BCUT2D eigenvalue weighted by Gasteiger charge is -2.36. The van der Waals surface area contributed by atoms with Gasteiger partial charge in [-0.25, -0.2) is 4.68 Å². The topological polar surface area (TPSA) is 114 Å². The van der Waals surface area contributed by atoms with Gasteiger partial charge in [0, 0.05) is 19.7 Å². The normalized spacial score (nSPS) is 20.6. The highest BCUT2D eigenvalue weighted by Crippen LogP contribution is 2.29. The molecule has 0 bridgehead atoms. The Labute approximate surface area is 174 Å². The zero-order chi connectivity index (χ0) is 21.0. The van der Waals surface area contributed by atoms with Crippen LogP contribution >= 0.6 is 0 Å². The fraction of sp³-hybridized carbons (Fsp3) is 0.476. The van der Waals surface area contributed by atoms with E-state index in [0.717, 1.165) is 32.1 Å². The van der Waals surface area contributed by atoms with Crippen LogP contribution in [-0.4, -0.2) is 51.3 Å². The van der Waals surface area contributed by atoms with E-state index in [1.807, 2.05) is 24.3 Å². The van der Waals surface area contributed by atoms with Crippen molar-refractivity contribution in [2.24, 2.45) is 10.2 Å². The molecule has 0 saturated heterocycles. The van der Waals surface area contributed by atoms with Gasteiger partial charge in [0.1, 0.15) is 0 Å². The van der Waals surface area contributed by atoms with Crippen molar-refractivity contribution in [2.45, 2.75) is 50.3 Å². The van der Waals surface area contributed by atoms with Crippen LogP contribution in [0.1, 0.15) is 49.0 Å². The largest absolute Gasteiger partial charge is 0.394 e. The van der Waals surface area contributed by atoms with Gasteiger partial charge < -0.3 is 15.2 Å². The van der Waals surface area contributed by atoms with Crippen molar-refractivity contribution in [2.75, 3.05) is 13.7 Å². The fourth-order valence-electron chi connectivity index (χ4n) is 3.91. The molecule has 2 aliphatic rings. The molecule has 0 radical (unpaired) electrons. The lowest BCUT2D eigenvalue weighted by atomic mass is 9.82. The third-order valence-electron chi connectivity index (χ3n) is 5.64. The predicted molar refractivity (Wildman–Crippen MR) is 110 cm³/mol. The Kier molecular flexibility index (Phi) is 6.01. The lowest BCUT2D eigenvalue weighted by molar-refractivity contribution is 0.0753. The van der Waals surface area contributed by atoms with Gasteiger partial charge in [0.05, 0.1) is 23.5 Å². The zero-order valence-corrected chi connectivity index (χ0v) is 17.0. The summed E-state index contributed by atoms with van der Waals surface area (Å²) in [6.45, 7) is -0.0790.